The molecule has 0 fully saturated rings. The van der Waals surface area contributed by atoms with Gasteiger partial charge in [-0.05, 0) is 26.0 Å². The van der Waals surface area contributed by atoms with E-state index in [0.717, 1.165) is 12.1 Å². The maximum atomic E-state index is 13.5. The second-order valence-corrected chi connectivity index (χ2v) is 4.10. The molecule has 0 saturated carbocycles. The largest absolute Gasteiger partial charge is 0.335 e. The summed E-state index contributed by atoms with van der Waals surface area (Å²) in [5.74, 6) is -2.50. The molecule has 0 bridgehead atoms. The predicted molar refractivity (Wildman–Crippen MR) is 62.8 cm³/mol. The number of carbonyl (C=O) groups excluding carboxylic acids is 1. The first kappa shape index (κ1) is 14.1. The van der Waals surface area contributed by atoms with Crippen molar-refractivity contribution in [2.75, 3.05) is 6.54 Å². The topological polar surface area (TPSA) is 44.1 Å². The zero-order chi connectivity index (χ0) is 13.7. The van der Waals surface area contributed by atoms with Gasteiger partial charge in [-0.3, -0.25) is 4.79 Å². The van der Waals surface area contributed by atoms with Crippen molar-refractivity contribution in [3.63, 3.8) is 0 Å². The molecule has 0 aliphatic carbocycles. The fourth-order valence-corrected chi connectivity index (χ4v) is 1.61. The lowest BCUT2D eigenvalue weighted by Gasteiger charge is -2.26. The number of rotatable bonds is 4. The molecule has 1 rings (SSSR count). The minimum absolute atomic E-state index is 0.125. The third-order valence-electron chi connectivity index (χ3n) is 2.53. The Bertz CT molecular complexity index is 460. The Morgan fingerprint density at radius 1 is 1.39 bits per heavy atom. The second kappa shape index (κ2) is 6.10. The van der Waals surface area contributed by atoms with E-state index in [9.17, 15) is 13.6 Å². The Kier molecular flexibility index (Phi) is 4.78. The van der Waals surface area contributed by atoms with Gasteiger partial charge >= 0.3 is 0 Å². The van der Waals surface area contributed by atoms with Crippen molar-refractivity contribution < 1.29 is 13.6 Å². The van der Waals surface area contributed by atoms with Crippen LogP contribution < -0.4 is 0 Å². The molecule has 3 nitrogen and oxygen atoms in total. The van der Waals surface area contributed by atoms with Gasteiger partial charge in [0.05, 0.1) is 12.5 Å². The lowest BCUT2D eigenvalue weighted by atomic mass is 10.1. The third-order valence-corrected chi connectivity index (χ3v) is 2.53. The minimum Gasteiger partial charge on any atom is -0.335 e. The Labute approximate surface area is 105 Å². The molecule has 0 aromatic heterocycles. The number of nitrogens with zero attached hydrogens (tertiary/aromatic N) is 2. The second-order valence-electron chi connectivity index (χ2n) is 4.10. The Hall–Kier alpha value is -1.96. The van der Waals surface area contributed by atoms with Gasteiger partial charge in [-0.15, -0.1) is 0 Å². The molecule has 0 unspecified atom stereocenters. The lowest BCUT2D eigenvalue weighted by Crippen LogP contribution is -2.38. The summed E-state index contributed by atoms with van der Waals surface area (Å²) in [5.41, 5.74) is -0.566. The number of benzene rings is 1. The lowest BCUT2D eigenvalue weighted by molar-refractivity contribution is 0.0700. The summed E-state index contributed by atoms with van der Waals surface area (Å²) in [6.45, 7) is 3.61. The summed E-state index contributed by atoms with van der Waals surface area (Å²) in [4.78, 5) is 13.4. The maximum absolute atomic E-state index is 13.5. The van der Waals surface area contributed by atoms with Crippen LogP contribution in [0.15, 0.2) is 18.2 Å². The summed E-state index contributed by atoms with van der Waals surface area (Å²) in [6, 6.07) is 4.96. The Morgan fingerprint density at radius 3 is 2.39 bits per heavy atom. The van der Waals surface area contributed by atoms with Gasteiger partial charge in [0.15, 0.2) is 0 Å². The average molecular weight is 252 g/mol. The monoisotopic (exact) mass is 252 g/mol. The molecule has 18 heavy (non-hydrogen) atoms. The van der Waals surface area contributed by atoms with Crippen molar-refractivity contribution in [3.05, 3.63) is 35.4 Å². The molecule has 0 heterocycles. The van der Waals surface area contributed by atoms with Crippen LogP contribution in [0, 0.1) is 23.0 Å². The molecule has 1 aromatic rings. The minimum atomic E-state index is -0.886. The maximum Gasteiger partial charge on any atom is 0.260 e. The highest BCUT2D eigenvalue weighted by atomic mass is 19.1. The average Bonchev–Trinajstić information content (AvgIpc) is 2.28. The first-order valence-corrected chi connectivity index (χ1v) is 5.61. The molecule has 0 N–H and O–H groups in total. The number of carbonyl (C=O) groups is 1. The van der Waals surface area contributed by atoms with Crippen LogP contribution in [0.5, 0.6) is 0 Å². The molecule has 5 heteroatoms. The van der Waals surface area contributed by atoms with Crippen LogP contribution in [0.1, 0.15) is 30.6 Å². The molecule has 0 saturated heterocycles. The molecule has 96 valence electrons. The van der Waals surface area contributed by atoms with Crippen LogP contribution in [0.2, 0.25) is 0 Å². The molecule has 1 amide bonds. The highest BCUT2D eigenvalue weighted by molar-refractivity contribution is 5.95. The van der Waals surface area contributed by atoms with Crippen molar-refractivity contribution in [3.8, 4) is 6.07 Å². The molecular formula is C13H14F2N2O. The molecule has 0 radical (unpaired) electrons. The summed E-state index contributed by atoms with van der Waals surface area (Å²) in [6.07, 6.45) is 0.125. The van der Waals surface area contributed by atoms with E-state index in [0.29, 0.717) is 0 Å². The Balaban J connectivity index is 3.07. The van der Waals surface area contributed by atoms with Crippen molar-refractivity contribution in [2.24, 2.45) is 0 Å². The first-order valence-electron chi connectivity index (χ1n) is 5.61. The molecular weight excluding hydrogens is 238 g/mol. The number of hydrogen-bond acceptors (Lipinski definition) is 2. The van der Waals surface area contributed by atoms with E-state index < -0.39 is 23.1 Å². The van der Waals surface area contributed by atoms with Gasteiger partial charge in [-0.2, -0.15) is 5.26 Å². The van der Waals surface area contributed by atoms with E-state index in [2.05, 4.69) is 0 Å². The van der Waals surface area contributed by atoms with E-state index in [4.69, 9.17) is 5.26 Å². The molecule has 1 aromatic carbocycles. The van der Waals surface area contributed by atoms with Crippen molar-refractivity contribution in [2.45, 2.75) is 26.3 Å². The predicted octanol–water partition coefficient (Wildman–Crippen LogP) is 2.73. The third kappa shape index (κ3) is 3.04. The normalized spacial score (nSPS) is 10.2. The highest BCUT2D eigenvalue weighted by Crippen LogP contribution is 2.16. The van der Waals surface area contributed by atoms with E-state index >= 15 is 0 Å². The summed E-state index contributed by atoms with van der Waals surface area (Å²) in [5, 5.41) is 8.52. The van der Waals surface area contributed by atoms with Gasteiger partial charge in [0.1, 0.15) is 17.2 Å². The van der Waals surface area contributed by atoms with Crippen LogP contribution >= 0.6 is 0 Å². The van der Waals surface area contributed by atoms with E-state index in [1.807, 2.05) is 6.07 Å². The van der Waals surface area contributed by atoms with E-state index in [1.54, 1.807) is 13.8 Å². The SMILES string of the molecule is CC(C)N(CCC#N)C(=O)c1c(F)cccc1F. The van der Waals surface area contributed by atoms with Crippen molar-refractivity contribution in [1.82, 2.24) is 4.90 Å². The molecule has 0 aliphatic rings. The van der Waals surface area contributed by atoms with Gasteiger partial charge in [0, 0.05) is 12.6 Å². The van der Waals surface area contributed by atoms with Crippen molar-refractivity contribution in [1.29, 1.82) is 5.26 Å². The molecule has 0 spiro atoms. The highest BCUT2D eigenvalue weighted by Gasteiger charge is 2.24. The van der Waals surface area contributed by atoms with E-state index in [-0.39, 0.29) is 19.0 Å². The number of amides is 1. The fourth-order valence-electron chi connectivity index (χ4n) is 1.61. The van der Waals surface area contributed by atoms with Gasteiger partial charge in [0.25, 0.3) is 5.91 Å². The zero-order valence-corrected chi connectivity index (χ0v) is 10.3. The molecule has 0 atom stereocenters. The quantitative estimate of drug-likeness (QED) is 0.827. The summed E-state index contributed by atoms with van der Waals surface area (Å²) < 4.78 is 27.0. The Morgan fingerprint density at radius 2 is 1.94 bits per heavy atom. The zero-order valence-electron chi connectivity index (χ0n) is 10.3. The number of hydrogen-bond donors (Lipinski definition) is 0. The fraction of sp³-hybridized carbons (Fsp3) is 0.385. The van der Waals surface area contributed by atoms with Crippen LogP contribution in [0.3, 0.4) is 0 Å². The number of nitriles is 1. The van der Waals surface area contributed by atoms with Crippen LogP contribution in [0.25, 0.3) is 0 Å². The summed E-state index contributed by atoms with van der Waals surface area (Å²) in [7, 11) is 0. The smallest absolute Gasteiger partial charge is 0.260 e. The van der Waals surface area contributed by atoms with Crippen molar-refractivity contribution >= 4 is 5.91 Å². The van der Waals surface area contributed by atoms with Crippen LogP contribution in [-0.2, 0) is 0 Å². The van der Waals surface area contributed by atoms with E-state index in [1.165, 1.54) is 11.0 Å². The summed E-state index contributed by atoms with van der Waals surface area (Å²) >= 11 is 0. The van der Waals surface area contributed by atoms with Crippen LogP contribution in [-0.4, -0.2) is 23.4 Å². The number of halogens is 2. The standard InChI is InChI=1S/C13H14F2N2O/c1-9(2)17(8-4-7-16)13(18)12-10(14)5-3-6-11(12)15/h3,5-6,9H,4,8H2,1-2H3. The first-order chi connectivity index (χ1) is 8.49. The van der Waals surface area contributed by atoms with Crippen LogP contribution in [0.4, 0.5) is 8.78 Å². The van der Waals surface area contributed by atoms with Gasteiger partial charge in [-0.25, -0.2) is 8.78 Å². The van der Waals surface area contributed by atoms with Gasteiger partial charge < -0.3 is 4.90 Å². The van der Waals surface area contributed by atoms with Gasteiger partial charge in [-0.1, -0.05) is 6.07 Å². The van der Waals surface area contributed by atoms with Gasteiger partial charge in [0.2, 0.25) is 0 Å². The molecule has 0 aliphatic heterocycles.